The first-order chi connectivity index (χ1) is 9.09. The number of hydrogen-bond donors (Lipinski definition) is 0. The second-order valence-corrected chi connectivity index (χ2v) is 6.21. The molecule has 0 spiro atoms. The van der Waals surface area contributed by atoms with Crippen molar-refractivity contribution < 1.29 is 0 Å². The molecule has 0 aliphatic rings. The number of anilines is 1. The van der Waals surface area contributed by atoms with Crippen molar-refractivity contribution in [2.45, 2.75) is 39.8 Å². The number of benzene rings is 1. The quantitative estimate of drug-likeness (QED) is 0.704. The van der Waals surface area contributed by atoms with Crippen molar-refractivity contribution in [2.24, 2.45) is 0 Å². The van der Waals surface area contributed by atoms with Crippen molar-refractivity contribution in [3.8, 4) is 11.1 Å². The molecule has 0 radical (unpaired) electrons. The van der Waals surface area contributed by atoms with Crippen molar-refractivity contribution in [1.29, 1.82) is 0 Å². The Morgan fingerprint density at radius 1 is 0.842 bits per heavy atom. The average molecular weight is 271 g/mol. The number of rotatable bonds is 4. The minimum Gasteiger partial charge on any atom is -0.366 e. The second-order valence-electron chi connectivity index (χ2n) is 5.39. The van der Waals surface area contributed by atoms with Crippen LogP contribution in [0, 0.1) is 0 Å². The SMILES string of the molecule is CC(C)N(c1cpcc(-c2ccccc2)c1)C(C)C. The number of hydrogen-bond acceptors (Lipinski definition) is 1. The minimum absolute atomic E-state index is 0.521. The van der Waals surface area contributed by atoms with Crippen LogP contribution in [0.25, 0.3) is 11.1 Å². The standard InChI is InChI=1S/C17H22NP/c1-13(2)18(14(3)4)17-10-16(11-19-12-17)15-8-6-5-7-9-15/h5-14H,1-4H3. The Kier molecular flexibility index (Phi) is 4.61. The van der Waals surface area contributed by atoms with Crippen LogP contribution in [0.15, 0.2) is 48.0 Å². The van der Waals surface area contributed by atoms with Crippen LogP contribution in [0.3, 0.4) is 0 Å². The van der Waals surface area contributed by atoms with Gasteiger partial charge in [0, 0.05) is 17.8 Å². The molecule has 0 saturated carbocycles. The first-order valence-corrected chi connectivity index (χ1v) is 7.91. The zero-order valence-electron chi connectivity index (χ0n) is 12.2. The molecule has 2 rings (SSSR count). The lowest BCUT2D eigenvalue weighted by Crippen LogP contribution is -2.36. The van der Waals surface area contributed by atoms with E-state index in [0.29, 0.717) is 12.1 Å². The van der Waals surface area contributed by atoms with Crippen LogP contribution in [0.4, 0.5) is 5.69 Å². The average Bonchev–Trinajstić information content (AvgIpc) is 2.39. The van der Waals surface area contributed by atoms with Gasteiger partial charge in [0.2, 0.25) is 0 Å². The van der Waals surface area contributed by atoms with Gasteiger partial charge in [-0.05, 0) is 56.5 Å². The van der Waals surface area contributed by atoms with Gasteiger partial charge in [-0.3, -0.25) is 0 Å². The Morgan fingerprint density at radius 3 is 2.05 bits per heavy atom. The van der Waals surface area contributed by atoms with E-state index < -0.39 is 0 Å². The maximum atomic E-state index is 2.48. The normalized spacial score (nSPS) is 11.5. The van der Waals surface area contributed by atoms with E-state index in [2.05, 4.69) is 80.6 Å². The van der Waals surface area contributed by atoms with Crippen LogP contribution in [-0.2, 0) is 0 Å². The van der Waals surface area contributed by atoms with E-state index >= 15 is 0 Å². The first-order valence-electron chi connectivity index (χ1n) is 6.88. The molecule has 0 bridgehead atoms. The van der Waals surface area contributed by atoms with Crippen LogP contribution in [-0.4, -0.2) is 12.1 Å². The van der Waals surface area contributed by atoms with Gasteiger partial charge in [0.15, 0.2) is 0 Å². The maximum absolute atomic E-state index is 2.48. The minimum atomic E-state index is 0.521. The molecule has 0 aliphatic carbocycles. The fourth-order valence-electron chi connectivity index (χ4n) is 2.55. The summed E-state index contributed by atoms with van der Waals surface area (Å²) in [6.07, 6.45) is 0. The van der Waals surface area contributed by atoms with E-state index in [9.17, 15) is 0 Å². The third-order valence-electron chi connectivity index (χ3n) is 3.24. The Balaban J connectivity index is 2.39. The molecule has 0 fully saturated rings. The van der Waals surface area contributed by atoms with Gasteiger partial charge in [-0.25, -0.2) is 0 Å². The van der Waals surface area contributed by atoms with Gasteiger partial charge in [-0.2, -0.15) is 0 Å². The lowest BCUT2D eigenvalue weighted by Gasteiger charge is -2.33. The van der Waals surface area contributed by atoms with Gasteiger partial charge < -0.3 is 4.90 Å². The molecule has 2 heteroatoms. The Bertz CT molecular complexity index is 512. The molecule has 0 N–H and O–H groups in total. The van der Waals surface area contributed by atoms with E-state index in [0.717, 1.165) is 0 Å². The Morgan fingerprint density at radius 2 is 1.47 bits per heavy atom. The summed E-state index contributed by atoms with van der Waals surface area (Å²) in [5, 5.41) is 0. The summed E-state index contributed by atoms with van der Waals surface area (Å²) in [6.45, 7) is 9.02. The zero-order chi connectivity index (χ0) is 13.8. The third kappa shape index (κ3) is 3.36. The second kappa shape index (κ2) is 6.21. The molecule has 0 atom stereocenters. The van der Waals surface area contributed by atoms with E-state index in [1.165, 1.54) is 25.0 Å². The highest BCUT2D eigenvalue weighted by Crippen LogP contribution is 2.30. The molecule has 0 saturated heterocycles. The highest BCUT2D eigenvalue weighted by Gasteiger charge is 2.14. The molecule has 2 aromatic rings. The topological polar surface area (TPSA) is 3.24 Å². The summed E-state index contributed by atoms with van der Waals surface area (Å²) in [5.41, 5.74) is 3.96. The molecule has 0 amide bonds. The fraction of sp³-hybridized carbons (Fsp3) is 0.353. The van der Waals surface area contributed by atoms with Crippen molar-refractivity contribution in [2.75, 3.05) is 4.90 Å². The van der Waals surface area contributed by atoms with Crippen LogP contribution >= 0.6 is 8.19 Å². The molecule has 1 heterocycles. The number of nitrogens with zero attached hydrogens (tertiary/aromatic N) is 1. The summed E-state index contributed by atoms with van der Waals surface area (Å²) in [5.74, 6) is 4.57. The summed E-state index contributed by atoms with van der Waals surface area (Å²) in [7, 11) is 1.27. The van der Waals surface area contributed by atoms with E-state index in [-0.39, 0.29) is 0 Å². The van der Waals surface area contributed by atoms with Crippen LogP contribution in [0.5, 0.6) is 0 Å². The van der Waals surface area contributed by atoms with Gasteiger partial charge in [0.05, 0.1) is 0 Å². The van der Waals surface area contributed by atoms with Crippen molar-refractivity contribution >= 4 is 13.9 Å². The van der Waals surface area contributed by atoms with Crippen molar-refractivity contribution in [3.05, 3.63) is 48.0 Å². The molecule has 0 aliphatic heterocycles. The zero-order valence-corrected chi connectivity index (χ0v) is 13.1. The highest BCUT2D eigenvalue weighted by molar-refractivity contribution is 7.28. The lowest BCUT2D eigenvalue weighted by molar-refractivity contribution is 0.609. The van der Waals surface area contributed by atoms with Gasteiger partial charge >= 0.3 is 0 Å². The molecule has 19 heavy (non-hydrogen) atoms. The van der Waals surface area contributed by atoms with Crippen molar-refractivity contribution in [3.63, 3.8) is 0 Å². The van der Waals surface area contributed by atoms with Gasteiger partial charge in [-0.1, -0.05) is 38.5 Å². The molecule has 1 aromatic heterocycles. The largest absolute Gasteiger partial charge is 0.366 e. The van der Waals surface area contributed by atoms with E-state index in [1.54, 1.807) is 0 Å². The van der Waals surface area contributed by atoms with Crippen LogP contribution in [0.2, 0.25) is 0 Å². The molecule has 1 aromatic carbocycles. The van der Waals surface area contributed by atoms with E-state index in [4.69, 9.17) is 0 Å². The monoisotopic (exact) mass is 271 g/mol. The molecule has 0 unspecified atom stereocenters. The van der Waals surface area contributed by atoms with E-state index in [1.807, 2.05) is 0 Å². The van der Waals surface area contributed by atoms with Gasteiger partial charge in [0.25, 0.3) is 0 Å². The predicted octanol–water partition coefficient (Wildman–Crippen LogP) is 5.56. The molecular weight excluding hydrogens is 249 g/mol. The highest BCUT2D eigenvalue weighted by atomic mass is 31.0. The van der Waals surface area contributed by atoms with Crippen LogP contribution in [0.1, 0.15) is 27.7 Å². The van der Waals surface area contributed by atoms with Gasteiger partial charge in [0.1, 0.15) is 0 Å². The molecular formula is C17H22NP. The summed E-state index contributed by atoms with van der Waals surface area (Å²) < 4.78 is 0. The Hall–Kier alpha value is -1.33. The third-order valence-corrected chi connectivity index (χ3v) is 4.08. The smallest absolute Gasteiger partial charge is 0.0423 e. The molecule has 1 nitrogen and oxygen atoms in total. The fourth-order valence-corrected chi connectivity index (χ4v) is 3.37. The summed E-state index contributed by atoms with van der Waals surface area (Å²) >= 11 is 0. The van der Waals surface area contributed by atoms with Crippen molar-refractivity contribution in [1.82, 2.24) is 0 Å². The van der Waals surface area contributed by atoms with Gasteiger partial charge in [-0.15, -0.1) is 0 Å². The summed E-state index contributed by atoms with van der Waals surface area (Å²) in [4.78, 5) is 2.48. The molecule has 100 valence electrons. The predicted molar refractivity (Wildman–Crippen MR) is 87.1 cm³/mol. The Labute approximate surface area is 118 Å². The summed E-state index contributed by atoms with van der Waals surface area (Å²) in [6, 6.07) is 14.0. The first kappa shape index (κ1) is 14.1. The van der Waals surface area contributed by atoms with Crippen LogP contribution < -0.4 is 4.90 Å². The maximum Gasteiger partial charge on any atom is 0.0423 e. The lowest BCUT2D eigenvalue weighted by atomic mass is 10.1.